The maximum absolute atomic E-state index is 11.4. The van der Waals surface area contributed by atoms with Crippen molar-refractivity contribution in [1.29, 1.82) is 0 Å². The van der Waals surface area contributed by atoms with Gasteiger partial charge in [0.1, 0.15) is 0 Å². The molecule has 24 heavy (non-hydrogen) atoms. The Balaban J connectivity index is 2.12. The molecule has 0 saturated heterocycles. The Morgan fingerprint density at radius 2 is 2.00 bits per heavy atom. The van der Waals surface area contributed by atoms with Crippen LogP contribution < -0.4 is 25.8 Å². The zero-order valence-electron chi connectivity index (χ0n) is 14.5. The monoisotopic (exact) mass is 334 g/mol. The molecule has 2 rings (SSSR count). The predicted molar refractivity (Wildman–Crippen MR) is 94.6 cm³/mol. The average Bonchev–Trinajstić information content (AvgIpc) is 2.77. The van der Waals surface area contributed by atoms with Gasteiger partial charge in [0.15, 0.2) is 17.5 Å². The zero-order chi connectivity index (χ0) is 17.6. The molecule has 1 aliphatic rings. The molecule has 0 spiro atoms. The minimum Gasteiger partial charge on any atom is -0.490 e. The number of aliphatic imine (C=N–C) groups is 1. The summed E-state index contributed by atoms with van der Waals surface area (Å²) >= 11 is 0. The maximum atomic E-state index is 11.4. The lowest BCUT2D eigenvalue weighted by atomic mass is 9.93. The molecule has 1 aromatic rings. The average molecular weight is 334 g/mol. The lowest BCUT2D eigenvalue weighted by molar-refractivity contribution is -0.125. The van der Waals surface area contributed by atoms with Gasteiger partial charge in [-0.1, -0.05) is 0 Å². The second-order valence-electron chi connectivity index (χ2n) is 6.28. The third-order valence-electron chi connectivity index (χ3n) is 3.65. The largest absolute Gasteiger partial charge is 0.490 e. The van der Waals surface area contributed by atoms with E-state index in [-0.39, 0.29) is 5.91 Å². The summed E-state index contributed by atoms with van der Waals surface area (Å²) < 4.78 is 11.3. The number of rotatable bonds is 5. The zero-order valence-corrected chi connectivity index (χ0v) is 14.5. The van der Waals surface area contributed by atoms with E-state index in [0.29, 0.717) is 38.0 Å². The van der Waals surface area contributed by atoms with Crippen LogP contribution in [0.4, 0.5) is 5.69 Å². The van der Waals surface area contributed by atoms with Crippen LogP contribution in [-0.2, 0) is 4.79 Å². The van der Waals surface area contributed by atoms with Crippen LogP contribution in [0, 0.1) is 5.41 Å². The number of primary amides is 1. The highest BCUT2D eigenvalue weighted by atomic mass is 16.5. The summed E-state index contributed by atoms with van der Waals surface area (Å²) in [6.45, 7) is 7.81. The fourth-order valence-electron chi connectivity index (χ4n) is 2.04. The van der Waals surface area contributed by atoms with Crippen molar-refractivity contribution in [1.82, 2.24) is 5.32 Å². The van der Waals surface area contributed by atoms with Gasteiger partial charge in [-0.05, 0) is 32.9 Å². The molecule has 0 aromatic heterocycles. The van der Waals surface area contributed by atoms with E-state index < -0.39 is 5.41 Å². The third kappa shape index (κ3) is 4.78. The van der Waals surface area contributed by atoms with Crippen molar-refractivity contribution >= 4 is 17.6 Å². The predicted octanol–water partition coefficient (Wildman–Crippen LogP) is 1.74. The number of nitrogens with two attached hydrogens (primary N) is 1. The fourth-order valence-corrected chi connectivity index (χ4v) is 2.04. The van der Waals surface area contributed by atoms with Crippen molar-refractivity contribution < 1.29 is 14.3 Å². The molecule has 4 N–H and O–H groups in total. The van der Waals surface area contributed by atoms with Crippen LogP contribution in [0.2, 0.25) is 0 Å². The van der Waals surface area contributed by atoms with Crippen LogP contribution in [0.3, 0.4) is 0 Å². The number of fused-ring (bicyclic) bond motifs is 1. The van der Waals surface area contributed by atoms with E-state index in [4.69, 9.17) is 15.2 Å². The summed E-state index contributed by atoms with van der Waals surface area (Å²) in [6, 6.07) is 5.66. The normalized spacial score (nSPS) is 14.7. The Kier molecular flexibility index (Phi) is 5.89. The van der Waals surface area contributed by atoms with Gasteiger partial charge < -0.3 is 25.8 Å². The van der Waals surface area contributed by atoms with Crippen LogP contribution in [0.1, 0.15) is 27.2 Å². The smallest absolute Gasteiger partial charge is 0.224 e. The molecule has 1 heterocycles. The summed E-state index contributed by atoms with van der Waals surface area (Å²) in [5, 5.41) is 6.36. The van der Waals surface area contributed by atoms with Crippen molar-refractivity contribution in [3.05, 3.63) is 18.2 Å². The van der Waals surface area contributed by atoms with Crippen molar-refractivity contribution in [3.8, 4) is 11.5 Å². The summed E-state index contributed by atoms with van der Waals surface area (Å²) in [5.41, 5.74) is 5.52. The summed E-state index contributed by atoms with van der Waals surface area (Å²) in [4.78, 5) is 15.9. The first-order chi connectivity index (χ1) is 11.4. The van der Waals surface area contributed by atoms with Gasteiger partial charge in [0, 0.05) is 24.7 Å². The summed E-state index contributed by atoms with van der Waals surface area (Å²) in [5.74, 6) is 1.67. The van der Waals surface area contributed by atoms with Gasteiger partial charge in [-0.2, -0.15) is 0 Å². The topological polar surface area (TPSA) is 98.0 Å². The number of hydrogen-bond acceptors (Lipinski definition) is 4. The Hall–Kier alpha value is -2.44. The van der Waals surface area contributed by atoms with Gasteiger partial charge in [-0.3, -0.25) is 9.79 Å². The van der Waals surface area contributed by atoms with Crippen LogP contribution in [0.25, 0.3) is 0 Å². The molecule has 0 radical (unpaired) electrons. The van der Waals surface area contributed by atoms with Crippen LogP contribution in [0.5, 0.6) is 11.5 Å². The SMILES string of the molecule is CCNC(=NCC(C)(C)C(N)=O)Nc1ccc2c(c1)OCCCO2. The molecule has 0 unspecified atom stereocenters. The molecular weight excluding hydrogens is 308 g/mol. The Labute approximate surface area is 142 Å². The first-order valence-corrected chi connectivity index (χ1v) is 8.17. The second-order valence-corrected chi connectivity index (χ2v) is 6.28. The number of hydrogen-bond donors (Lipinski definition) is 3. The molecular formula is C17H26N4O3. The van der Waals surface area contributed by atoms with E-state index in [0.717, 1.165) is 17.9 Å². The second kappa shape index (κ2) is 7.90. The fraction of sp³-hybridized carbons (Fsp3) is 0.529. The molecule has 1 aliphatic heterocycles. The van der Waals surface area contributed by atoms with E-state index >= 15 is 0 Å². The maximum Gasteiger partial charge on any atom is 0.224 e. The number of nitrogens with zero attached hydrogens (tertiary/aromatic N) is 1. The highest BCUT2D eigenvalue weighted by Crippen LogP contribution is 2.32. The van der Waals surface area contributed by atoms with E-state index in [1.54, 1.807) is 13.8 Å². The van der Waals surface area contributed by atoms with Gasteiger partial charge >= 0.3 is 0 Å². The minimum atomic E-state index is -0.701. The number of ether oxygens (including phenoxy) is 2. The lowest BCUT2D eigenvalue weighted by Gasteiger charge is -2.19. The van der Waals surface area contributed by atoms with Gasteiger partial charge in [0.25, 0.3) is 0 Å². The number of carbonyl (C=O) groups excluding carboxylic acids is 1. The van der Waals surface area contributed by atoms with Crippen LogP contribution in [-0.4, -0.2) is 38.2 Å². The van der Waals surface area contributed by atoms with Gasteiger partial charge in [-0.25, -0.2) is 0 Å². The molecule has 132 valence electrons. The molecule has 7 heteroatoms. The number of guanidine groups is 1. The highest BCUT2D eigenvalue weighted by molar-refractivity contribution is 5.94. The first-order valence-electron chi connectivity index (χ1n) is 8.17. The quantitative estimate of drug-likeness (QED) is 0.563. The van der Waals surface area contributed by atoms with E-state index in [9.17, 15) is 4.79 Å². The van der Waals surface area contributed by atoms with Crippen LogP contribution in [0.15, 0.2) is 23.2 Å². The first kappa shape index (κ1) is 17.9. The van der Waals surface area contributed by atoms with Crippen molar-refractivity contribution in [2.75, 3.05) is 31.6 Å². The number of benzene rings is 1. The van der Waals surface area contributed by atoms with E-state index in [2.05, 4.69) is 15.6 Å². The van der Waals surface area contributed by atoms with E-state index in [1.807, 2.05) is 25.1 Å². The van der Waals surface area contributed by atoms with Crippen LogP contribution >= 0.6 is 0 Å². The number of carbonyl (C=O) groups is 1. The van der Waals surface area contributed by atoms with Crippen molar-refractivity contribution in [2.24, 2.45) is 16.1 Å². The molecule has 0 atom stereocenters. The molecule has 0 aliphatic carbocycles. The Morgan fingerprint density at radius 3 is 2.67 bits per heavy atom. The standard InChI is InChI=1S/C17H26N4O3/c1-4-19-16(20-11-17(2,3)15(18)22)21-12-6-7-13-14(10-12)24-9-5-8-23-13/h6-7,10H,4-5,8-9,11H2,1-3H3,(H2,18,22)(H2,19,20,21). The number of anilines is 1. The molecule has 0 fully saturated rings. The summed E-state index contributed by atoms with van der Waals surface area (Å²) in [7, 11) is 0. The molecule has 1 aromatic carbocycles. The molecule has 0 saturated carbocycles. The molecule has 0 bridgehead atoms. The summed E-state index contributed by atoms with van der Waals surface area (Å²) in [6.07, 6.45) is 0.865. The van der Waals surface area contributed by atoms with Crippen molar-refractivity contribution in [2.45, 2.75) is 27.2 Å². The number of nitrogens with one attached hydrogen (secondary N) is 2. The Bertz CT molecular complexity index is 614. The molecule has 1 amide bonds. The van der Waals surface area contributed by atoms with Gasteiger partial charge in [0.2, 0.25) is 5.91 Å². The molecule has 7 nitrogen and oxygen atoms in total. The minimum absolute atomic E-state index is 0.294. The van der Waals surface area contributed by atoms with E-state index in [1.165, 1.54) is 0 Å². The number of amides is 1. The Morgan fingerprint density at radius 1 is 1.29 bits per heavy atom. The van der Waals surface area contributed by atoms with Gasteiger partial charge in [-0.15, -0.1) is 0 Å². The van der Waals surface area contributed by atoms with Crippen molar-refractivity contribution in [3.63, 3.8) is 0 Å². The van der Waals surface area contributed by atoms with Gasteiger partial charge in [0.05, 0.1) is 25.2 Å². The highest BCUT2D eigenvalue weighted by Gasteiger charge is 2.24. The third-order valence-corrected chi connectivity index (χ3v) is 3.65. The lowest BCUT2D eigenvalue weighted by Crippen LogP contribution is -2.37.